The molecule has 88 valence electrons. The highest BCUT2D eigenvalue weighted by Gasteiger charge is 2.40. The van der Waals surface area contributed by atoms with Gasteiger partial charge in [0.1, 0.15) is 0 Å². The molecule has 1 heterocycles. The van der Waals surface area contributed by atoms with Crippen LogP contribution >= 0.6 is 0 Å². The Labute approximate surface area is 101 Å². The van der Waals surface area contributed by atoms with E-state index in [0.717, 1.165) is 5.56 Å². The van der Waals surface area contributed by atoms with Gasteiger partial charge in [-0.3, -0.25) is 14.5 Å². The average Bonchev–Trinajstić information content (AvgIpc) is 2.70. The van der Waals surface area contributed by atoms with Gasteiger partial charge in [-0.05, 0) is 18.9 Å². The maximum Gasteiger partial charge on any atom is 0.254 e. The normalized spacial score (nSPS) is 18.6. The Balaban J connectivity index is 2.45. The summed E-state index contributed by atoms with van der Waals surface area (Å²) < 4.78 is 0. The number of amides is 2. The lowest BCUT2D eigenvalue weighted by Crippen LogP contribution is -2.47. The van der Waals surface area contributed by atoms with Crippen LogP contribution in [-0.4, -0.2) is 16.7 Å². The zero-order chi connectivity index (χ0) is 12.5. The van der Waals surface area contributed by atoms with Crippen LogP contribution in [0.4, 0.5) is 0 Å². The van der Waals surface area contributed by atoms with Gasteiger partial charge in [0.25, 0.3) is 11.8 Å². The van der Waals surface area contributed by atoms with E-state index in [0.29, 0.717) is 6.42 Å². The van der Waals surface area contributed by atoms with Crippen molar-refractivity contribution >= 4 is 11.8 Å². The zero-order valence-electron chi connectivity index (χ0n) is 10.0. The van der Waals surface area contributed by atoms with E-state index in [-0.39, 0.29) is 11.8 Å². The molecule has 0 spiro atoms. The lowest BCUT2D eigenvalue weighted by atomic mass is 9.87. The van der Waals surface area contributed by atoms with Crippen LogP contribution in [0.15, 0.2) is 42.5 Å². The standard InChI is InChI=1S/C14H15NO2/c1-3-14(2,11-7-5-4-6-8-11)15-12(16)9-10-13(15)17/h4-10H,3H2,1-2H3. The Bertz CT molecular complexity index is 460. The number of carbonyl (C=O) groups is 2. The van der Waals surface area contributed by atoms with Gasteiger partial charge in [0.2, 0.25) is 0 Å². The molecule has 3 nitrogen and oxygen atoms in total. The first kappa shape index (κ1) is 11.6. The van der Waals surface area contributed by atoms with Crippen molar-refractivity contribution in [3.63, 3.8) is 0 Å². The van der Waals surface area contributed by atoms with Gasteiger partial charge in [-0.25, -0.2) is 0 Å². The van der Waals surface area contributed by atoms with Crippen LogP contribution in [0.25, 0.3) is 0 Å². The van der Waals surface area contributed by atoms with Crippen LogP contribution in [-0.2, 0) is 15.1 Å². The third kappa shape index (κ3) is 1.78. The first-order valence-corrected chi connectivity index (χ1v) is 5.71. The molecule has 0 saturated heterocycles. The van der Waals surface area contributed by atoms with Gasteiger partial charge in [0, 0.05) is 12.2 Å². The molecule has 0 fully saturated rings. The second-order valence-corrected chi connectivity index (χ2v) is 4.34. The van der Waals surface area contributed by atoms with E-state index in [1.54, 1.807) is 0 Å². The summed E-state index contributed by atoms with van der Waals surface area (Å²) in [4.78, 5) is 24.9. The van der Waals surface area contributed by atoms with Crippen molar-refractivity contribution < 1.29 is 9.59 Å². The summed E-state index contributed by atoms with van der Waals surface area (Å²) in [5.41, 5.74) is 0.409. The summed E-state index contributed by atoms with van der Waals surface area (Å²) in [5, 5.41) is 0. The molecular weight excluding hydrogens is 214 g/mol. The average molecular weight is 229 g/mol. The SMILES string of the molecule is CCC(C)(c1ccccc1)N1C(=O)C=CC1=O. The van der Waals surface area contributed by atoms with E-state index >= 15 is 0 Å². The van der Waals surface area contributed by atoms with Gasteiger partial charge in [0.05, 0.1) is 5.54 Å². The zero-order valence-corrected chi connectivity index (χ0v) is 10.0. The van der Waals surface area contributed by atoms with Gasteiger partial charge in [-0.2, -0.15) is 0 Å². The third-order valence-electron chi connectivity index (χ3n) is 3.39. The molecule has 0 aromatic heterocycles. The van der Waals surface area contributed by atoms with Crippen molar-refractivity contribution in [2.24, 2.45) is 0 Å². The fourth-order valence-corrected chi connectivity index (χ4v) is 2.18. The van der Waals surface area contributed by atoms with Gasteiger partial charge in [-0.15, -0.1) is 0 Å². The largest absolute Gasteiger partial charge is 0.269 e. The third-order valence-corrected chi connectivity index (χ3v) is 3.39. The number of nitrogens with zero attached hydrogens (tertiary/aromatic N) is 1. The number of benzene rings is 1. The molecule has 0 saturated carbocycles. The van der Waals surface area contributed by atoms with E-state index in [1.807, 2.05) is 44.2 Å². The van der Waals surface area contributed by atoms with E-state index < -0.39 is 5.54 Å². The van der Waals surface area contributed by atoms with Crippen LogP contribution in [0.1, 0.15) is 25.8 Å². The van der Waals surface area contributed by atoms with Crippen molar-refractivity contribution in [2.45, 2.75) is 25.8 Å². The molecule has 1 aromatic rings. The predicted molar refractivity (Wildman–Crippen MR) is 65.1 cm³/mol. The molecule has 0 bridgehead atoms. The minimum absolute atomic E-state index is 0.233. The maximum absolute atomic E-state index is 11.8. The fraction of sp³-hybridized carbons (Fsp3) is 0.286. The van der Waals surface area contributed by atoms with E-state index in [4.69, 9.17) is 0 Å². The van der Waals surface area contributed by atoms with Crippen molar-refractivity contribution in [3.05, 3.63) is 48.0 Å². The van der Waals surface area contributed by atoms with Crippen LogP contribution in [0.5, 0.6) is 0 Å². The number of imide groups is 1. The molecule has 1 aliphatic rings. The summed E-state index contributed by atoms with van der Waals surface area (Å²) in [7, 11) is 0. The molecule has 1 aromatic carbocycles. The smallest absolute Gasteiger partial charge is 0.254 e. The van der Waals surface area contributed by atoms with Crippen LogP contribution in [0.2, 0.25) is 0 Å². The molecule has 2 amide bonds. The first-order chi connectivity index (χ1) is 8.09. The Morgan fingerprint density at radius 1 is 1.06 bits per heavy atom. The Hall–Kier alpha value is -1.90. The molecule has 0 aliphatic carbocycles. The molecule has 17 heavy (non-hydrogen) atoms. The minimum atomic E-state index is -0.571. The van der Waals surface area contributed by atoms with Crippen molar-refractivity contribution in [3.8, 4) is 0 Å². The summed E-state index contributed by atoms with van der Waals surface area (Å²) in [6, 6.07) is 9.65. The summed E-state index contributed by atoms with van der Waals surface area (Å²) in [6.07, 6.45) is 3.36. The fourth-order valence-electron chi connectivity index (χ4n) is 2.18. The maximum atomic E-state index is 11.8. The summed E-state index contributed by atoms with van der Waals surface area (Å²) >= 11 is 0. The van der Waals surface area contributed by atoms with Crippen molar-refractivity contribution in [2.75, 3.05) is 0 Å². The Morgan fingerprint density at radius 3 is 2.06 bits per heavy atom. The van der Waals surface area contributed by atoms with Crippen LogP contribution in [0, 0.1) is 0 Å². The molecule has 0 radical (unpaired) electrons. The van der Waals surface area contributed by atoms with E-state index in [9.17, 15) is 9.59 Å². The molecular formula is C14H15NO2. The number of hydrogen-bond donors (Lipinski definition) is 0. The second kappa shape index (κ2) is 4.17. The first-order valence-electron chi connectivity index (χ1n) is 5.71. The lowest BCUT2D eigenvalue weighted by molar-refractivity contribution is -0.144. The molecule has 2 rings (SSSR count). The minimum Gasteiger partial charge on any atom is -0.269 e. The molecule has 1 atom stereocenters. The monoisotopic (exact) mass is 229 g/mol. The van der Waals surface area contributed by atoms with Gasteiger partial charge in [0.15, 0.2) is 0 Å². The van der Waals surface area contributed by atoms with Gasteiger partial charge in [-0.1, -0.05) is 37.3 Å². The van der Waals surface area contributed by atoms with Crippen molar-refractivity contribution in [1.82, 2.24) is 4.90 Å². The summed E-state index contributed by atoms with van der Waals surface area (Å²) in [5.74, 6) is -0.466. The number of rotatable bonds is 3. The Morgan fingerprint density at radius 2 is 1.59 bits per heavy atom. The molecule has 3 heteroatoms. The number of carbonyl (C=O) groups excluding carboxylic acids is 2. The highest BCUT2D eigenvalue weighted by atomic mass is 16.2. The lowest BCUT2D eigenvalue weighted by Gasteiger charge is -2.37. The van der Waals surface area contributed by atoms with Crippen molar-refractivity contribution in [1.29, 1.82) is 0 Å². The molecule has 1 unspecified atom stereocenters. The Kier molecular flexibility index (Phi) is 2.84. The number of hydrogen-bond acceptors (Lipinski definition) is 2. The quantitative estimate of drug-likeness (QED) is 0.745. The predicted octanol–water partition coefficient (Wildman–Crippen LogP) is 2.24. The highest BCUT2D eigenvalue weighted by molar-refractivity contribution is 6.13. The van der Waals surface area contributed by atoms with Crippen LogP contribution in [0.3, 0.4) is 0 Å². The molecule has 0 N–H and O–H groups in total. The van der Waals surface area contributed by atoms with Gasteiger partial charge >= 0.3 is 0 Å². The topological polar surface area (TPSA) is 37.4 Å². The van der Waals surface area contributed by atoms with Crippen LogP contribution < -0.4 is 0 Å². The van der Waals surface area contributed by atoms with Gasteiger partial charge < -0.3 is 0 Å². The van der Waals surface area contributed by atoms with E-state index in [1.165, 1.54) is 17.1 Å². The highest BCUT2D eigenvalue weighted by Crippen LogP contribution is 2.33. The van der Waals surface area contributed by atoms with E-state index in [2.05, 4.69) is 0 Å². The second-order valence-electron chi connectivity index (χ2n) is 4.34. The molecule has 1 aliphatic heterocycles. The summed E-state index contributed by atoms with van der Waals surface area (Å²) in [6.45, 7) is 3.90.